The molecule has 0 saturated carbocycles. The van der Waals surface area contributed by atoms with E-state index in [9.17, 15) is 5.11 Å². The average Bonchev–Trinajstić information content (AvgIpc) is 2.23. The van der Waals surface area contributed by atoms with Gasteiger partial charge in [0.15, 0.2) is 0 Å². The highest BCUT2D eigenvalue weighted by Gasteiger charge is 2.17. The highest BCUT2D eigenvalue weighted by Crippen LogP contribution is 2.29. The van der Waals surface area contributed by atoms with E-state index in [1.807, 2.05) is 0 Å². The molecule has 1 aromatic rings. The first-order valence-electron chi connectivity index (χ1n) is 6.23. The van der Waals surface area contributed by atoms with Crippen LogP contribution in [0.5, 0.6) is 0 Å². The van der Waals surface area contributed by atoms with Crippen molar-refractivity contribution >= 4 is 0 Å². The van der Waals surface area contributed by atoms with Crippen LogP contribution in [0.1, 0.15) is 55.0 Å². The Morgan fingerprint density at radius 2 is 1.62 bits per heavy atom. The zero-order valence-electron chi connectivity index (χ0n) is 11.2. The molecule has 0 fully saturated rings. The van der Waals surface area contributed by atoms with E-state index in [1.165, 1.54) is 16.7 Å². The molecule has 2 atom stereocenters. The van der Waals surface area contributed by atoms with E-state index in [1.54, 1.807) is 0 Å². The Morgan fingerprint density at radius 3 is 2.19 bits per heavy atom. The molecule has 2 unspecified atom stereocenters. The first-order chi connectivity index (χ1) is 7.47. The summed E-state index contributed by atoms with van der Waals surface area (Å²) in [6, 6.07) is 4.31. The molecule has 1 heteroatoms. The quantitative estimate of drug-likeness (QED) is 0.810. The van der Waals surface area contributed by atoms with Crippen molar-refractivity contribution in [3.8, 4) is 0 Å². The van der Waals surface area contributed by atoms with Gasteiger partial charge in [-0.15, -0.1) is 0 Å². The third-order valence-corrected chi connectivity index (χ3v) is 3.48. The number of aliphatic hydroxyl groups is 1. The van der Waals surface area contributed by atoms with Gasteiger partial charge in [0, 0.05) is 0 Å². The number of hydrogen-bond acceptors (Lipinski definition) is 1. The van der Waals surface area contributed by atoms with Crippen LogP contribution in [0.15, 0.2) is 12.1 Å². The Labute approximate surface area is 99.5 Å². The van der Waals surface area contributed by atoms with Crippen LogP contribution in [0.4, 0.5) is 0 Å². The summed E-state index contributed by atoms with van der Waals surface area (Å²) in [5, 5.41) is 10.3. The summed E-state index contributed by atoms with van der Waals surface area (Å²) in [5.74, 6) is 0.339. The van der Waals surface area contributed by atoms with Crippen molar-refractivity contribution in [2.24, 2.45) is 5.92 Å². The third-order valence-electron chi connectivity index (χ3n) is 3.48. The molecule has 0 amide bonds. The lowest BCUT2D eigenvalue weighted by Gasteiger charge is -2.21. The monoisotopic (exact) mass is 220 g/mol. The van der Waals surface area contributed by atoms with E-state index in [0.29, 0.717) is 5.92 Å². The Kier molecular flexibility index (Phi) is 4.55. The van der Waals surface area contributed by atoms with Crippen molar-refractivity contribution in [3.05, 3.63) is 34.4 Å². The summed E-state index contributed by atoms with van der Waals surface area (Å²) in [6.07, 6.45) is 1.88. The second-order valence-electron chi connectivity index (χ2n) is 5.00. The zero-order chi connectivity index (χ0) is 12.3. The van der Waals surface area contributed by atoms with E-state index in [-0.39, 0.29) is 6.10 Å². The molecule has 0 radical (unpaired) electrons. The summed E-state index contributed by atoms with van der Waals surface area (Å²) in [5.41, 5.74) is 4.88. The zero-order valence-corrected chi connectivity index (χ0v) is 11.2. The average molecular weight is 220 g/mol. The maximum absolute atomic E-state index is 10.3. The molecule has 1 aromatic carbocycles. The number of benzene rings is 1. The van der Waals surface area contributed by atoms with Crippen molar-refractivity contribution < 1.29 is 5.11 Å². The highest BCUT2D eigenvalue weighted by molar-refractivity contribution is 5.37. The molecule has 1 rings (SSSR count). The maximum atomic E-state index is 10.3. The number of rotatable bonds is 4. The van der Waals surface area contributed by atoms with Gasteiger partial charge in [-0.1, -0.05) is 32.4 Å². The van der Waals surface area contributed by atoms with Gasteiger partial charge >= 0.3 is 0 Å². The smallest absolute Gasteiger partial charge is 0.0818 e. The van der Waals surface area contributed by atoms with Gasteiger partial charge in [-0.2, -0.15) is 0 Å². The minimum atomic E-state index is -0.320. The Balaban J connectivity index is 2.99. The van der Waals surface area contributed by atoms with Crippen LogP contribution in [-0.2, 0) is 0 Å². The fourth-order valence-electron chi connectivity index (χ4n) is 2.22. The molecule has 0 heterocycles. The van der Waals surface area contributed by atoms with E-state index in [0.717, 1.165) is 18.4 Å². The summed E-state index contributed by atoms with van der Waals surface area (Å²) >= 11 is 0. The normalized spacial score (nSPS) is 14.9. The van der Waals surface area contributed by atoms with Crippen molar-refractivity contribution in [1.29, 1.82) is 0 Å². The standard InChI is InChI=1S/C15H24O/c1-6-7-10(2)15(16)14-9-12(4)11(3)8-13(14)5/h8-10,15-16H,6-7H2,1-5H3. The molecule has 1 N–H and O–H groups in total. The van der Waals surface area contributed by atoms with Gasteiger partial charge in [-0.25, -0.2) is 0 Å². The number of hydrogen-bond donors (Lipinski definition) is 1. The van der Waals surface area contributed by atoms with E-state index >= 15 is 0 Å². The lowest BCUT2D eigenvalue weighted by atomic mass is 9.89. The van der Waals surface area contributed by atoms with Crippen molar-refractivity contribution in [2.75, 3.05) is 0 Å². The summed E-state index contributed by atoms with van der Waals surface area (Å²) < 4.78 is 0. The second kappa shape index (κ2) is 5.49. The molecule has 0 aliphatic rings. The number of aliphatic hydroxyl groups excluding tert-OH is 1. The van der Waals surface area contributed by atoms with Crippen LogP contribution in [0.2, 0.25) is 0 Å². The van der Waals surface area contributed by atoms with Crippen molar-refractivity contribution in [2.45, 2.75) is 53.6 Å². The van der Waals surface area contributed by atoms with E-state index < -0.39 is 0 Å². The van der Waals surface area contributed by atoms with Crippen LogP contribution in [0, 0.1) is 26.7 Å². The van der Waals surface area contributed by atoms with Gasteiger partial charge in [0.25, 0.3) is 0 Å². The topological polar surface area (TPSA) is 20.2 Å². The number of aryl methyl sites for hydroxylation is 3. The lowest BCUT2D eigenvalue weighted by molar-refractivity contribution is 0.111. The molecular formula is C15H24O. The molecule has 0 aliphatic heterocycles. The molecule has 1 nitrogen and oxygen atoms in total. The lowest BCUT2D eigenvalue weighted by Crippen LogP contribution is -2.11. The van der Waals surface area contributed by atoms with Crippen molar-refractivity contribution in [1.82, 2.24) is 0 Å². The molecule has 0 aromatic heterocycles. The summed E-state index contributed by atoms with van der Waals surface area (Å²) in [7, 11) is 0. The molecular weight excluding hydrogens is 196 g/mol. The minimum Gasteiger partial charge on any atom is -0.388 e. The minimum absolute atomic E-state index is 0.320. The van der Waals surface area contributed by atoms with Crippen LogP contribution in [-0.4, -0.2) is 5.11 Å². The van der Waals surface area contributed by atoms with E-state index in [2.05, 4.69) is 46.8 Å². The highest BCUT2D eigenvalue weighted by atomic mass is 16.3. The largest absolute Gasteiger partial charge is 0.388 e. The van der Waals surface area contributed by atoms with Gasteiger partial charge in [-0.3, -0.25) is 0 Å². The van der Waals surface area contributed by atoms with Crippen LogP contribution in [0.25, 0.3) is 0 Å². The SMILES string of the molecule is CCCC(C)C(O)c1cc(C)c(C)cc1C. The predicted molar refractivity (Wildman–Crippen MR) is 69.7 cm³/mol. The van der Waals surface area contributed by atoms with Gasteiger partial charge < -0.3 is 5.11 Å². The Hall–Kier alpha value is -0.820. The van der Waals surface area contributed by atoms with Crippen LogP contribution < -0.4 is 0 Å². The molecule has 0 aliphatic carbocycles. The second-order valence-corrected chi connectivity index (χ2v) is 5.00. The maximum Gasteiger partial charge on any atom is 0.0818 e. The van der Waals surface area contributed by atoms with Crippen molar-refractivity contribution in [3.63, 3.8) is 0 Å². The summed E-state index contributed by atoms with van der Waals surface area (Å²) in [4.78, 5) is 0. The molecule has 0 bridgehead atoms. The Morgan fingerprint density at radius 1 is 1.06 bits per heavy atom. The summed E-state index contributed by atoms with van der Waals surface area (Å²) in [6.45, 7) is 10.6. The van der Waals surface area contributed by atoms with Gasteiger partial charge in [0.05, 0.1) is 6.10 Å². The first-order valence-corrected chi connectivity index (χ1v) is 6.23. The molecule has 0 saturated heterocycles. The van der Waals surface area contributed by atoms with E-state index in [4.69, 9.17) is 0 Å². The van der Waals surface area contributed by atoms with Gasteiger partial charge in [0.2, 0.25) is 0 Å². The molecule has 0 spiro atoms. The van der Waals surface area contributed by atoms with Gasteiger partial charge in [-0.05, 0) is 55.4 Å². The van der Waals surface area contributed by atoms with Crippen LogP contribution in [0.3, 0.4) is 0 Å². The Bertz CT molecular complexity index is 355. The fraction of sp³-hybridized carbons (Fsp3) is 0.600. The predicted octanol–water partition coefficient (Wildman–Crippen LogP) is 4.08. The molecule has 16 heavy (non-hydrogen) atoms. The molecule has 90 valence electrons. The van der Waals surface area contributed by atoms with Gasteiger partial charge in [0.1, 0.15) is 0 Å². The van der Waals surface area contributed by atoms with Crippen LogP contribution >= 0.6 is 0 Å². The third kappa shape index (κ3) is 2.85. The first kappa shape index (κ1) is 13.2. The fourth-order valence-corrected chi connectivity index (χ4v) is 2.22.